The molecule has 0 saturated carbocycles. The van der Waals surface area contributed by atoms with E-state index < -0.39 is 5.97 Å². The van der Waals surface area contributed by atoms with Gasteiger partial charge in [0.15, 0.2) is 5.69 Å². The largest absolute Gasteiger partial charge is 0.477 e. The van der Waals surface area contributed by atoms with Crippen LogP contribution in [0.25, 0.3) is 5.95 Å². The summed E-state index contributed by atoms with van der Waals surface area (Å²) in [4.78, 5) is 18.8. The van der Waals surface area contributed by atoms with Gasteiger partial charge in [-0.15, -0.1) is 0 Å². The van der Waals surface area contributed by atoms with Gasteiger partial charge >= 0.3 is 5.97 Å². The molecule has 2 aromatic rings. The minimum Gasteiger partial charge on any atom is -0.477 e. The maximum Gasteiger partial charge on any atom is 0.354 e. The number of rotatable bonds is 2. The van der Waals surface area contributed by atoms with Crippen LogP contribution >= 0.6 is 15.9 Å². The molecule has 0 saturated heterocycles. The molecule has 82 valence electrons. The van der Waals surface area contributed by atoms with Crippen molar-refractivity contribution >= 4 is 21.9 Å². The summed E-state index contributed by atoms with van der Waals surface area (Å²) in [6.45, 7) is 1.70. The van der Waals surface area contributed by atoms with Crippen LogP contribution in [0.2, 0.25) is 0 Å². The van der Waals surface area contributed by atoms with Crippen LogP contribution in [0.3, 0.4) is 0 Å². The molecule has 0 aliphatic heterocycles. The molecule has 7 heteroatoms. The number of carboxylic acid groups (broad SMARTS) is 1. The van der Waals surface area contributed by atoms with Gasteiger partial charge in [0.05, 0.1) is 10.7 Å². The van der Waals surface area contributed by atoms with Crippen LogP contribution in [0.4, 0.5) is 0 Å². The molecule has 0 radical (unpaired) electrons. The Labute approximate surface area is 99.1 Å². The lowest BCUT2D eigenvalue weighted by Crippen LogP contribution is -2.09. The highest BCUT2D eigenvalue weighted by Crippen LogP contribution is 2.10. The van der Waals surface area contributed by atoms with Gasteiger partial charge in [0.1, 0.15) is 0 Å². The van der Waals surface area contributed by atoms with E-state index in [1.54, 1.807) is 19.3 Å². The second-order valence-corrected chi connectivity index (χ2v) is 4.02. The number of hydrogen-bond donors (Lipinski definition) is 1. The lowest BCUT2D eigenvalue weighted by atomic mass is 10.3. The number of hydrogen-bond acceptors (Lipinski definition) is 4. The van der Waals surface area contributed by atoms with Crippen LogP contribution in [0.1, 0.15) is 16.2 Å². The van der Waals surface area contributed by atoms with E-state index in [1.165, 1.54) is 10.7 Å². The Morgan fingerprint density at radius 3 is 2.81 bits per heavy atom. The highest BCUT2D eigenvalue weighted by molar-refractivity contribution is 9.10. The number of aryl methyl sites for hydroxylation is 1. The van der Waals surface area contributed by atoms with Crippen molar-refractivity contribution in [2.45, 2.75) is 6.92 Å². The van der Waals surface area contributed by atoms with Crippen LogP contribution in [0.15, 0.2) is 22.9 Å². The Kier molecular flexibility index (Phi) is 2.69. The molecule has 2 aromatic heterocycles. The van der Waals surface area contributed by atoms with Gasteiger partial charge in [-0.3, -0.25) is 0 Å². The van der Waals surface area contributed by atoms with Crippen molar-refractivity contribution in [3.63, 3.8) is 0 Å². The maximum atomic E-state index is 10.8. The summed E-state index contributed by atoms with van der Waals surface area (Å²) in [5.74, 6) is -0.846. The van der Waals surface area contributed by atoms with Crippen molar-refractivity contribution in [2.75, 3.05) is 0 Å². The van der Waals surface area contributed by atoms with Crippen molar-refractivity contribution in [1.82, 2.24) is 19.7 Å². The fourth-order valence-corrected chi connectivity index (χ4v) is 1.46. The van der Waals surface area contributed by atoms with E-state index in [-0.39, 0.29) is 11.6 Å². The molecular weight excluding hydrogens is 276 g/mol. The normalized spacial score (nSPS) is 10.4. The standard InChI is InChI=1S/C9H7BrN4O2/c1-5-2-7(8(15)16)13-9(12-5)14-4-6(10)3-11-14/h2-4H,1H3,(H,15,16). The molecule has 2 heterocycles. The molecule has 0 atom stereocenters. The van der Waals surface area contributed by atoms with Gasteiger partial charge in [0.25, 0.3) is 5.95 Å². The van der Waals surface area contributed by atoms with Crippen molar-refractivity contribution in [3.05, 3.63) is 34.3 Å². The average Bonchev–Trinajstić information content (AvgIpc) is 2.64. The molecule has 16 heavy (non-hydrogen) atoms. The van der Waals surface area contributed by atoms with Crippen LogP contribution < -0.4 is 0 Å². The minimum atomic E-state index is -1.09. The summed E-state index contributed by atoms with van der Waals surface area (Å²) in [5, 5.41) is 12.8. The summed E-state index contributed by atoms with van der Waals surface area (Å²) < 4.78 is 2.18. The van der Waals surface area contributed by atoms with E-state index in [2.05, 4.69) is 31.0 Å². The van der Waals surface area contributed by atoms with Gasteiger partial charge in [-0.25, -0.2) is 19.4 Å². The molecule has 0 bridgehead atoms. The van der Waals surface area contributed by atoms with E-state index in [0.717, 1.165) is 4.47 Å². The van der Waals surface area contributed by atoms with Gasteiger partial charge in [-0.1, -0.05) is 0 Å². The predicted octanol–water partition coefficient (Wildman–Crippen LogP) is 1.43. The second-order valence-electron chi connectivity index (χ2n) is 3.10. The molecule has 0 aromatic carbocycles. The summed E-state index contributed by atoms with van der Waals surface area (Å²) in [5.41, 5.74) is 0.531. The zero-order valence-electron chi connectivity index (χ0n) is 8.25. The molecule has 0 amide bonds. The summed E-state index contributed by atoms with van der Waals surface area (Å²) in [6, 6.07) is 1.41. The molecule has 0 fully saturated rings. The molecule has 6 nitrogen and oxygen atoms in total. The van der Waals surface area contributed by atoms with Gasteiger partial charge in [-0.05, 0) is 28.9 Å². The number of aromatic carboxylic acids is 1. The molecule has 0 spiro atoms. The lowest BCUT2D eigenvalue weighted by Gasteiger charge is -2.02. The first-order valence-corrected chi connectivity index (χ1v) is 5.15. The molecule has 2 rings (SSSR count). The topological polar surface area (TPSA) is 80.9 Å². The van der Waals surface area contributed by atoms with Crippen molar-refractivity contribution in [1.29, 1.82) is 0 Å². The zero-order chi connectivity index (χ0) is 11.7. The Hall–Kier alpha value is -1.76. The number of carboxylic acids is 1. The van der Waals surface area contributed by atoms with E-state index in [0.29, 0.717) is 5.69 Å². The van der Waals surface area contributed by atoms with Crippen LogP contribution in [-0.2, 0) is 0 Å². The molecule has 0 aliphatic carbocycles. The first-order chi connectivity index (χ1) is 7.56. The third kappa shape index (κ3) is 2.08. The molecular formula is C9H7BrN4O2. The molecule has 1 N–H and O–H groups in total. The highest BCUT2D eigenvalue weighted by atomic mass is 79.9. The van der Waals surface area contributed by atoms with E-state index in [9.17, 15) is 4.79 Å². The van der Waals surface area contributed by atoms with Crippen molar-refractivity contribution < 1.29 is 9.90 Å². The first-order valence-electron chi connectivity index (χ1n) is 4.36. The number of aromatic nitrogens is 4. The van der Waals surface area contributed by atoms with Crippen molar-refractivity contribution in [3.8, 4) is 5.95 Å². The Bertz CT molecular complexity index is 552. The van der Waals surface area contributed by atoms with Gasteiger partial charge in [0, 0.05) is 11.9 Å². The summed E-state index contributed by atoms with van der Waals surface area (Å²) in [7, 11) is 0. The molecule has 0 unspecified atom stereocenters. The van der Waals surface area contributed by atoms with Gasteiger partial charge < -0.3 is 5.11 Å². The van der Waals surface area contributed by atoms with E-state index in [4.69, 9.17) is 5.11 Å². The Morgan fingerprint density at radius 1 is 1.50 bits per heavy atom. The van der Waals surface area contributed by atoms with E-state index >= 15 is 0 Å². The average molecular weight is 283 g/mol. The number of carbonyl (C=O) groups is 1. The SMILES string of the molecule is Cc1cc(C(=O)O)nc(-n2cc(Br)cn2)n1. The maximum absolute atomic E-state index is 10.8. The smallest absolute Gasteiger partial charge is 0.354 e. The predicted molar refractivity (Wildman–Crippen MR) is 58.6 cm³/mol. The Balaban J connectivity index is 2.53. The Morgan fingerprint density at radius 2 is 2.25 bits per heavy atom. The molecule has 0 aliphatic rings. The van der Waals surface area contributed by atoms with Gasteiger partial charge in [0.2, 0.25) is 0 Å². The number of nitrogens with zero attached hydrogens (tertiary/aromatic N) is 4. The highest BCUT2D eigenvalue weighted by Gasteiger charge is 2.10. The fraction of sp³-hybridized carbons (Fsp3) is 0.111. The van der Waals surface area contributed by atoms with Crippen LogP contribution in [0.5, 0.6) is 0 Å². The monoisotopic (exact) mass is 282 g/mol. The summed E-state index contributed by atoms with van der Waals surface area (Å²) in [6.07, 6.45) is 3.23. The summed E-state index contributed by atoms with van der Waals surface area (Å²) >= 11 is 3.24. The third-order valence-corrected chi connectivity index (χ3v) is 2.23. The van der Waals surface area contributed by atoms with Gasteiger partial charge in [-0.2, -0.15) is 5.10 Å². The first kappa shape index (κ1) is 10.7. The van der Waals surface area contributed by atoms with Crippen LogP contribution in [0, 0.1) is 6.92 Å². The minimum absolute atomic E-state index is 0.0471. The van der Waals surface area contributed by atoms with E-state index in [1.807, 2.05) is 0 Å². The third-order valence-electron chi connectivity index (χ3n) is 1.82. The number of halogens is 1. The quantitative estimate of drug-likeness (QED) is 0.901. The lowest BCUT2D eigenvalue weighted by molar-refractivity contribution is 0.0690. The zero-order valence-corrected chi connectivity index (χ0v) is 9.84. The van der Waals surface area contributed by atoms with Crippen LogP contribution in [-0.4, -0.2) is 30.8 Å². The van der Waals surface area contributed by atoms with Crippen molar-refractivity contribution in [2.24, 2.45) is 0 Å². The second kappa shape index (κ2) is 4.01. The fourth-order valence-electron chi connectivity index (χ4n) is 1.18.